The van der Waals surface area contributed by atoms with Gasteiger partial charge in [-0.3, -0.25) is 9.59 Å². The van der Waals surface area contributed by atoms with Gasteiger partial charge in [0, 0.05) is 13.2 Å². The molecule has 1 amide bonds. The van der Waals surface area contributed by atoms with Crippen molar-refractivity contribution in [3.8, 4) is 5.75 Å². The van der Waals surface area contributed by atoms with E-state index in [1.807, 2.05) is 6.92 Å². The number of carbonyl (C=O) groups excluding carboxylic acids is 1. The van der Waals surface area contributed by atoms with Crippen molar-refractivity contribution in [2.75, 3.05) is 6.61 Å². The third kappa shape index (κ3) is 3.84. The van der Waals surface area contributed by atoms with Crippen LogP contribution in [0.4, 0.5) is 4.39 Å². The molecular formula is C21H21FN2O3. The fourth-order valence-corrected chi connectivity index (χ4v) is 3.00. The number of benzene rings is 2. The van der Waals surface area contributed by atoms with E-state index in [1.54, 1.807) is 48.9 Å². The number of aryl methyl sites for hydroxylation is 1. The Balaban J connectivity index is 1.95. The van der Waals surface area contributed by atoms with Crippen molar-refractivity contribution >= 4 is 16.8 Å². The Morgan fingerprint density at radius 1 is 1.22 bits per heavy atom. The van der Waals surface area contributed by atoms with Crippen LogP contribution in [0.1, 0.15) is 35.8 Å². The van der Waals surface area contributed by atoms with Gasteiger partial charge >= 0.3 is 0 Å². The lowest BCUT2D eigenvalue weighted by Crippen LogP contribution is -2.31. The van der Waals surface area contributed by atoms with Crippen LogP contribution in [0.15, 0.2) is 53.5 Å². The molecule has 0 spiro atoms. The molecule has 1 N–H and O–H groups in total. The minimum absolute atomic E-state index is 0.0487. The van der Waals surface area contributed by atoms with E-state index >= 15 is 0 Å². The van der Waals surface area contributed by atoms with Gasteiger partial charge in [0.1, 0.15) is 17.1 Å². The average Bonchev–Trinajstić information content (AvgIpc) is 2.65. The predicted octanol–water partition coefficient (Wildman–Crippen LogP) is 3.57. The van der Waals surface area contributed by atoms with Crippen molar-refractivity contribution in [1.82, 2.24) is 9.88 Å². The maximum absolute atomic E-state index is 13.1. The maximum atomic E-state index is 13.1. The van der Waals surface area contributed by atoms with Crippen molar-refractivity contribution in [2.45, 2.75) is 19.9 Å². The Morgan fingerprint density at radius 3 is 2.59 bits per heavy atom. The number of fused-ring (bicyclic) bond motifs is 1. The van der Waals surface area contributed by atoms with E-state index in [1.165, 1.54) is 18.3 Å². The molecule has 27 heavy (non-hydrogen) atoms. The number of carbonyl (C=O) groups is 1. The lowest BCUT2D eigenvalue weighted by molar-refractivity contribution is 0.0938. The highest BCUT2D eigenvalue weighted by Gasteiger charge is 2.17. The molecule has 0 aliphatic heterocycles. The highest BCUT2D eigenvalue weighted by Crippen LogP contribution is 2.19. The van der Waals surface area contributed by atoms with Crippen LogP contribution >= 0.6 is 0 Å². The number of halogens is 1. The molecule has 2 aromatic carbocycles. The van der Waals surface area contributed by atoms with Crippen LogP contribution in [0.3, 0.4) is 0 Å². The molecule has 0 fully saturated rings. The molecule has 0 aliphatic carbocycles. The monoisotopic (exact) mass is 368 g/mol. The van der Waals surface area contributed by atoms with Gasteiger partial charge in [0.2, 0.25) is 5.43 Å². The number of hydrogen-bond acceptors (Lipinski definition) is 3. The predicted molar refractivity (Wildman–Crippen MR) is 103 cm³/mol. The zero-order valence-electron chi connectivity index (χ0n) is 15.5. The summed E-state index contributed by atoms with van der Waals surface area (Å²) in [5, 5.41) is 3.22. The molecule has 0 aliphatic rings. The van der Waals surface area contributed by atoms with Gasteiger partial charge in [0.15, 0.2) is 0 Å². The third-order valence-electron chi connectivity index (χ3n) is 4.43. The van der Waals surface area contributed by atoms with Gasteiger partial charge in [-0.15, -0.1) is 0 Å². The molecule has 6 heteroatoms. The van der Waals surface area contributed by atoms with Gasteiger partial charge in [-0.05, 0) is 49.7 Å². The summed E-state index contributed by atoms with van der Waals surface area (Å²) in [6.07, 6.45) is 1.53. The number of ether oxygens (including phenoxy) is 1. The quantitative estimate of drug-likeness (QED) is 0.749. The molecule has 3 rings (SSSR count). The zero-order chi connectivity index (χ0) is 19.6. The van der Waals surface area contributed by atoms with E-state index in [-0.39, 0.29) is 22.9 Å². The van der Waals surface area contributed by atoms with Crippen LogP contribution in [0, 0.1) is 5.82 Å². The highest BCUT2D eigenvalue weighted by molar-refractivity contribution is 5.97. The number of aromatic nitrogens is 1. The molecule has 1 atom stereocenters. The van der Waals surface area contributed by atoms with Gasteiger partial charge in [-0.2, -0.15) is 0 Å². The summed E-state index contributed by atoms with van der Waals surface area (Å²) in [6.45, 7) is 4.13. The normalized spacial score (nSPS) is 12.0. The molecule has 1 aromatic heterocycles. The topological polar surface area (TPSA) is 60.3 Å². The Kier molecular flexibility index (Phi) is 5.26. The average molecular weight is 368 g/mol. The van der Waals surface area contributed by atoms with Crippen LogP contribution in [-0.2, 0) is 7.05 Å². The van der Waals surface area contributed by atoms with Gasteiger partial charge in [0.05, 0.1) is 23.6 Å². The number of amides is 1. The summed E-state index contributed by atoms with van der Waals surface area (Å²) in [5.41, 5.74) is 1.16. The van der Waals surface area contributed by atoms with E-state index in [9.17, 15) is 14.0 Å². The van der Waals surface area contributed by atoms with Crippen molar-refractivity contribution in [2.24, 2.45) is 7.05 Å². The van der Waals surface area contributed by atoms with E-state index in [0.29, 0.717) is 23.3 Å². The maximum Gasteiger partial charge on any atom is 0.257 e. The first-order chi connectivity index (χ1) is 12.9. The largest absolute Gasteiger partial charge is 0.494 e. The number of hydrogen-bond donors (Lipinski definition) is 1. The Morgan fingerprint density at radius 2 is 1.93 bits per heavy atom. The van der Waals surface area contributed by atoms with Crippen molar-refractivity contribution in [3.05, 3.63) is 75.8 Å². The van der Waals surface area contributed by atoms with Gasteiger partial charge < -0.3 is 14.6 Å². The molecule has 3 aromatic rings. The SMILES string of the molecule is CCOc1ccc2c(c1)c(=O)c(C(=O)N[C@@H](C)c1ccc(F)cc1)cn2C. The molecule has 140 valence electrons. The summed E-state index contributed by atoms with van der Waals surface area (Å²) >= 11 is 0. The zero-order valence-corrected chi connectivity index (χ0v) is 15.5. The van der Waals surface area contributed by atoms with Crippen molar-refractivity contribution in [1.29, 1.82) is 0 Å². The second-order valence-electron chi connectivity index (χ2n) is 6.34. The first kappa shape index (κ1) is 18.6. The fraction of sp³-hybridized carbons (Fsp3) is 0.238. The second kappa shape index (κ2) is 7.61. The summed E-state index contributed by atoms with van der Waals surface area (Å²) in [5.74, 6) is -0.235. The number of rotatable bonds is 5. The van der Waals surface area contributed by atoms with E-state index in [4.69, 9.17) is 4.74 Å². The second-order valence-corrected chi connectivity index (χ2v) is 6.34. The van der Waals surface area contributed by atoms with Gasteiger partial charge in [0.25, 0.3) is 5.91 Å². The van der Waals surface area contributed by atoms with E-state index in [0.717, 1.165) is 5.56 Å². The molecule has 0 saturated carbocycles. The van der Waals surface area contributed by atoms with E-state index < -0.39 is 5.91 Å². The first-order valence-electron chi connectivity index (χ1n) is 8.73. The summed E-state index contributed by atoms with van der Waals surface area (Å²) in [4.78, 5) is 25.6. The molecule has 1 heterocycles. The summed E-state index contributed by atoms with van der Waals surface area (Å²) in [7, 11) is 1.78. The van der Waals surface area contributed by atoms with Crippen molar-refractivity contribution in [3.63, 3.8) is 0 Å². The van der Waals surface area contributed by atoms with Gasteiger partial charge in [-0.1, -0.05) is 12.1 Å². The number of pyridine rings is 1. The minimum Gasteiger partial charge on any atom is -0.494 e. The van der Waals surface area contributed by atoms with Crippen LogP contribution < -0.4 is 15.5 Å². The minimum atomic E-state index is -0.476. The summed E-state index contributed by atoms with van der Waals surface area (Å²) in [6, 6.07) is 10.8. The molecule has 0 bridgehead atoms. The Hall–Kier alpha value is -3.15. The molecule has 0 unspecified atom stereocenters. The van der Waals surface area contributed by atoms with Crippen LogP contribution in [0.5, 0.6) is 5.75 Å². The molecular weight excluding hydrogens is 347 g/mol. The molecule has 0 saturated heterocycles. The van der Waals surface area contributed by atoms with E-state index in [2.05, 4.69) is 5.32 Å². The van der Waals surface area contributed by atoms with Gasteiger partial charge in [-0.25, -0.2) is 4.39 Å². The number of nitrogens with zero attached hydrogens (tertiary/aromatic N) is 1. The highest BCUT2D eigenvalue weighted by atomic mass is 19.1. The lowest BCUT2D eigenvalue weighted by atomic mass is 10.1. The standard InChI is InChI=1S/C21H21FN2O3/c1-4-27-16-9-10-19-17(11-16)20(25)18(12-24(19)3)21(26)23-13(2)14-5-7-15(22)8-6-14/h5-13H,4H2,1-3H3,(H,23,26)/t13-/m0/s1. The molecule has 0 radical (unpaired) electrons. The summed E-state index contributed by atoms with van der Waals surface area (Å²) < 4.78 is 20.3. The first-order valence-corrected chi connectivity index (χ1v) is 8.73. The lowest BCUT2D eigenvalue weighted by Gasteiger charge is -2.15. The number of nitrogens with one attached hydrogen (secondary N) is 1. The molecule has 5 nitrogen and oxygen atoms in total. The Labute approximate surface area is 156 Å². The Bertz CT molecular complexity index is 1040. The smallest absolute Gasteiger partial charge is 0.257 e. The fourth-order valence-electron chi connectivity index (χ4n) is 3.00. The van der Waals surface area contributed by atoms with Crippen LogP contribution in [0.25, 0.3) is 10.9 Å². The van der Waals surface area contributed by atoms with Crippen LogP contribution in [-0.4, -0.2) is 17.1 Å². The van der Waals surface area contributed by atoms with Crippen LogP contribution in [0.2, 0.25) is 0 Å². The van der Waals surface area contributed by atoms with Crippen molar-refractivity contribution < 1.29 is 13.9 Å². The third-order valence-corrected chi connectivity index (χ3v) is 4.43.